The summed E-state index contributed by atoms with van der Waals surface area (Å²) in [7, 11) is 4.35. The van der Waals surface area contributed by atoms with Gasteiger partial charge in [0.1, 0.15) is 0 Å². The standard InChI is InChI=1S/C17H18O6/c1-9-5-6-11(16(20)14(9)18)15(19)10-7-12(21-2)17(23-4)13(8-10)22-3/h5-8,18,20H,1-4H3. The van der Waals surface area contributed by atoms with Gasteiger partial charge in [0.15, 0.2) is 28.8 Å². The lowest BCUT2D eigenvalue weighted by atomic mass is 9.99. The number of ether oxygens (including phenoxy) is 3. The van der Waals surface area contributed by atoms with E-state index in [9.17, 15) is 15.0 Å². The van der Waals surface area contributed by atoms with Gasteiger partial charge in [0.05, 0.1) is 26.9 Å². The van der Waals surface area contributed by atoms with E-state index in [4.69, 9.17) is 14.2 Å². The SMILES string of the molecule is COc1cc(C(=O)c2ccc(C)c(O)c2O)cc(OC)c1OC. The first kappa shape index (κ1) is 16.5. The van der Waals surface area contributed by atoms with Gasteiger partial charge in [-0.3, -0.25) is 4.79 Å². The summed E-state index contributed by atoms with van der Waals surface area (Å²) in [6.07, 6.45) is 0. The topological polar surface area (TPSA) is 85.2 Å². The van der Waals surface area contributed by atoms with Crippen LogP contribution in [0.3, 0.4) is 0 Å². The van der Waals surface area contributed by atoms with Crippen LogP contribution in [0.4, 0.5) is 0 Å². The minimum atomic E-state index is -0.475. The fraction of sp³-hybridized carbons (Fsp3) is 0.235. The summed E-state index contributed by atoms with van der Waals surface area (Å²) in [6.45, 7) is 1.63. The normalized spacial score (nSPS) is 10.3. The monoisotopic (exact) mass is 318 g/mol. The van der Waals surface area contributed by atoms with Gasteiger partial charge in [-0.25, -0.2) is 0 Å². The number of phenols is 2. The zero-order chi connectivity index (χ0) is 17.1. The minimum Gasteiger partial charge on any atom is -0.504 e. The number of hydrogen-bond donors (Lipinski definition) is 2. The van der Waals surface area contributed by atoms with Crippen molar-refractivity contribution < 1.29 is 29.2 Å². The highest BCUT2D eigenvalue weighted by Gasteiger charge is 2.21. The Morgan fingerprint density at radius 1 is 0.913 bits per heavy atom. The van der Waals surface area contributed by atoms with Gasteiger partial charge >= 0.3 is 0 Å². The fourth-order valence-electron chi connectivity index (χ4n) is 2.23. The van der Waals surface area contributed by atoms with Crippen LogP contribution >= 0.6 is 0 Å². The largest absolute Gasteiger partial charge is 0.504 e. The second kappa shape index (κ2) is 6.48. The van der Waals surface area contributed by atoms with Crippen LogP contribution in [0, 0.1) is 6.92 Å². The molecule has 0 aliphatic heterocycles. The lowest BCUT2D eigenvalue weighted by Crippen LogP contribution is -2.05. The van der Waals surface area contributed by atoms with Crippen LogP contribution in [-0.2, 0) is 0 Å². The Hall–Kier alpha value is -2.89. The molecular formula is C17H18O6. The summed E-state index contributed by atoms with van der Waals surface area (Å²) < 4.78 is 15.6. The lowest BCUT2D eigenvalue weighted by molar-refractivity contribution is 0.103. The number of ketones is 1. The molecule has 2 rings (SSSR count). The maximum Gasteiger partial charge on any atom is 0.203 e. The molecule has 0 aliphatic carbocycles. The molecule has 6 heteroatoms. The van der Waals surface area contributed by atoms with Gasteiger partial charge in [-0.1, -0.05) is 6.07 Å². The number of hydrogen-bond acceptors (Lipinski definition) is 6. The predicted octanol–water partition coefficient (Wildman–Crippen LogP) is 2.66. The van der Waals surface area contributed by atoms with Crippen LogP contribution in [0.25, 0.3) is 0 Å². The zero-order valence-electron chi connectivity index (χ0n) is 13.3. The van der Waals surface area contributed by atoms with Gasteiger partial charge < -0.3 is 24.4 Å². The number of phenolic OH excluding ortho intramolecular Hbond substituents is 2. The van der Waals surface area contributed by atoms with Gasteiger partial charge in [-0.2, -0.15) is 0 Å². The smallest absolute Gasteiger partial charge is 0.203 e. The molecule has 0 aromatic heterocycles. The Kier molecular flexibility index (Phi) is 4.64. The minimum absolute atomic E-state index is 0.0117. The third-order valence-corrected chi connectivity index (χ3v) is 3.52. The molecule has 0 aliphatic rings. The molecule has 2 aromatic rings. The van der Waals surface area contributed by atoms with E-state index in [1.807, 2.05) is 0 Å². The molecule has 2 N–H and O–H groups in total. The molecule has 0 fully saturated rings. The van der Waals surface area contributed by atoms with E-state index in [0.29, 0.717) is 22.8 Å². The Labute approximate surface area is 133 Å². The average Bonchev–Trinajstić information content (AvgIpc) is 2.57. The van der Waals surface area contributed by atoms with Crippen LogP contribution in [0.15, 0.2) is 24.3 Å². The van der Waals surface area contributed by atoms with Gasteiger partial charge in [-0.05, 0) is 30.7 Å². The first-order chi connectivity index (χ1) is 10.9. The van der Waals surface area contributed by atoms with E-state index in [0.717, 1.165) is 0 Å². The fourth-order valence-corrected chi connectivity index (χ4v) is 2.23. The van der Waals surface area contributed by atoms with E-state index in [1.165, 1.54) is 39.5 Å². The first-order valence-corrected chi connectivity index (χ1v) is 6.80. The summed E-state index contributed by atoms with van der Waals surface area (Å²) in [5, 5.41) is 19.8. The van der Waals surface area contributed by atoms with Crippen molar-refractivity contribution in [2.24, 2.45) is 0 Å². The van der Waals surface area contributed by atoms with Crippen molar-refractivity contribution in [1.82, 2.24) is 0 Å². The Morgan fingerprint density at radius 3 is 1.96 bits per heavy atom. The van der Waals surface area contributed by atoms with E-state index in [-0.39, 0.29) is 16.9 Å². The average molecular weight is 318 g/mol. The molecule has 0 atom stereocenters. The number of carbonyl (C=O) groups excluding carboxylic acids is 1. The summed E-state index contributed by atoms with van der Waals surface area (Å²) in [5.41, 5.74) is 0.698. The van der Waals surface area contributed by atoms with Crippen LogP contribution in [0.1, 0.15) is 21.5 Å². The summed E-state index contributed by atoms with van der Waals surface area (Å²) in [5.74, 6) is -0.233. The van der Waals surface area contributed by atoms with E-state index in [1.54, 1.807) is 13.0 Å². The molecule has 122 valence electrons. The number of benzene rings is 2. The van der Waals surface area contributed by atoms with E-state index >= 15 is 0 Å². The predicted molar refractivity (Wildman–Crippen MR) is 84.0 cm³/mol. The molecule has 0 unspecified atom stereocenters. The highest BCUT2D eigenvalue weighted by molar-refractivity contribution is 6.11. The van der Waals surface area contributed by atoms with Gasteiger partial charge in [0.25, 0.3) is 0 Å². The summed E-state index contributed by atoms with van der Waals surface area (Å²) in [4.78, 5) is 12.6. The first-order valence-electron chi connectivity index (χ1n) is 6.80. The van der Waals surface area contributed by atoms with Crippen molar-refractivity contribution in [3.8, 4) is 28.7 Å². The quantitative estimate of drug-likeness (QED) is 0.651. The highest BCUT2D eigenvalue weighted by Crippen LogP contribution is 2.40. The third-order valence-electron chi connectivity index (χ3n) is 3.52. The van der Waals surface area contributed by atoms with E-state index < -0.39 is 11.5 Å². The maximum atomic E-state index is 12.6. The summed E-state index contributed by atoms with van der Waals surface area (Å²) in [6, 6.07) is 5.98. The highest BCUT2D eigenvalue weighted by atomic mass is 16.5. The van der Waals surface area contributed by atoms with Crippen molar-refractivity contribution in [2.45, 2.75) is 6.92 Å². The maximum absolute atomic E-state index is 12.6. The molecular weight excluding hydrogens is 300 g/mol. The van der Waals surface area contributed by atoms with Gasteiger partial charge in [-0.15, -0.1) is 0 Å². The molecule has 23 heavy (non-hydrogen) atoms. The molecule has 0 saturated carbocycles. The Morgan fingerprint density at radius 2 is 1.48 bits per heavy atom. The number of aromatic hydroxyl groups is 2. The number of rotatable bonds is 5. The van der Waals surface area contributed by atoms with Crippen molar-refractivity contribution in [3.63, 3.8) is 0 Å². The molecule has 0 bridgehead atoms. The molecule has 0 spiro atoms. The van der Waals surface area contributed by atoms with Gasteiger partial charge in [0, 0.05) is 5.56 Å². The van der Waals surface area contributed by atoms with Crippen LogP contribution in [0.2, 0.25) is 0 Å². The number of aryl methyl sites for hydroxylation is 1. The number of methoxy groups -OCH3 is 3. The third kappa shape index (κ3) is 2.88. The van der Waals surface area contributed by atoms with Crippen molar-refractivity contribution in [2.75, 3.05) is 21.3 Å². The Balaban J connectivity index is 2.58. The van der Waals surface area contributed by atoms with E-state index in [2.05, 4.69) is 0 Å². The van der Waals surface area contributed by atoms with Crippen LogP contribution in [-0.4, -0.2) is 37.3 Å². The molecule has 0 saturated heterocycles. The van der Waals surface area contributed by atoms with Gasteiger partial charge in [0.2, 0.25) is 5.75 Å². The molecule has 0 amide bonds. The summed E-state index contributed by atoms with van der Waals surface area (Å²) >= 11 is 0. The Bertz CT molecular complexity index is 726. The number of carbonyl (C=O) groups is 1. The second-order valence-electron chi connectivity index (χ2n) is 4.87. The van der Waals surface area contributed by atoms with Crippen molar-refractivity contribution in [3.05, 3.63) is 41.0 Å². The lowest BCUT2D eigenvalue weighted by Gasteiger charge is -2.14. The molecule has 6 nitrogen and oxygen atoms in total. The second-order valence-corrected chi connectivity index (χ2v) is 4.87. The zero-order valence-corrected chi connectivity index (χ0v) is 13.3. The van der Waals surface area contributed by atoms with Crippen LogP contribution in [0.5, 0.6) is 28.7 Å². The van der Waals surface area contributed by atoms with Crippen LogP contribution < -0.4 is 14.2 Å². The van der Waals surface area contributed by atoms with Crippen molar-refractivity contribution in [1.29, 1.82) is 0 Å². The molecule has 0 radical (unpaired) electrons. The van der Waals surface area contributed by atoms with Crippen molar-refractivity contribution >= 4 is 5.78 Å². The molecule has 2 aromatic carbocycles. The molecule has 0 heterocycles.